The molecule has 0 aromatic rings. The van der Waals surface area contributed by atoms with E-state index in [9.17, 15) is 4.79 Å². The smallest absolute Gasteiger partial charge is 0.123 e. The van der Waals surface area contributed by atoms with Crippen LogP contribution in [0.1, 0.15) is 12.8 Å². The first-order chi connectivity index (χ1) is 4.36. The van der Waals surface area contributed by atoms with E-state index in [-0.39, 0.29) is 0 Å². The molecule has 1 aliphatic rings. The van der Waals surface area contributed by atoms with Gasteiger partial charge in [-0.3, -0.25) is 0 Å². The van der Waals surface area contributed by atoms with Gasteiger partial charge >= 0.3 is 0 Å². The topological polar surface area (TPSA) is 29.1 Å². The first kappa shape index (κ1) is 6.33. The van der Waals surface area contributed by atoms with E-state index in [4.69, 9.17) is 0 Å². The summed E-state index contributed by atoms with van der Waals surface area (Å²) in [5, 5.41) is 3.05. The van der Waals surface area contributed by atoms with Crippen LogP contribution < -0.4 is 5.32 Å². The molecule has 50 valence electrons. The van der Waals surface area contributed by atoms with Crippen LogP contribution in [0.2, 0.25) is 0 Å². The van der Waals surface area contributed by atoms with E-state index in [1.165, 1.54) is 0 Å². The SMILES string of the molecule is C=CNC1CC(C=O)C1. The first-order valence-electron chi connectivity index (χ1n) is 3.19. The molecular weight excluding hydrogens is 114 g/mol. The summed E-state index contributed by atoms with van der Waals surface area (Å²) >= 11 is 0. The Labute approximate surface area is 54.9 Å². The van der Waals surface area contributed by atoms with Crippen molar-refractivity contribution < 1.29 is 4.79 Å². The lowest BCUT2D eigenvalue weighted by molar-refractivity contribution is -0.113. The van der Waals surface area contributed by atoms with E-state index in [2.05, 4.69) is 11.9 Å². The average molecular weight is 125 g/mol. The Bertz CT molecular complexity index is 116. The lowest BCUT2D eigenvalue weighted by atomic mass is 9.81. The standard InChI is InChI=1S/C7H11NO/c1-2-8-7-3-6(4-7)5-9/h2,5-8H,1,3-4H2. The van der Waals surface area contributed by atoms with Crippen LogP contribution in [0.5, 0.6) is 0 Å². The van der Waals surface area contributed by atoms with Crippen molar-refractivity contribution in [3.8, 4) is 0 Å². The molecule has 0 radical (unpaired) electrons. The first-order valence-corrected chi connectivity index (χ1v) is 3.19. The van der Waals surface area contributed by atoms with Gasteiger partial charge in [-0.2, -0.15) is 0 Å². The molecule has 0 aliphatic heterocycles. The molecule has 0 unspecified atom stereocenters. The molecule has 0 bridgehead atoms. The summed E-state index contributed by atoms with van der Waals surface area (Å²) in [5.41, 5.74) is 0. The Morgan fingerprint density at radius 3 is 2.67 bits per heavy atom. The third kappa shape index (κ3) is 1.31. The molecular formula is C7H11NO. The maximum Gasteiger partial charge on any atom is 0.123 e. The van der Waals surface area contributed by atoms with Crippen LogP contribution in [0.3, 0.4) is 0 Å². The zero-order valence-corrected chi connectivity index (χ0v) is 5.34. The predicted octanol–water partition coefficient (Wildman–Crippen LogP) is 0.697. The van der Waals surface area contributed by atoms with Crippen molar-refractivity contribution in [2.24, 2.45) is 5.92 Å². The van der Waals surface area contributed by atoms with E-state index < -0.39 is 0 Å². The molecule has 0 heterocycles. The number of carbonyl (C=O) groups is 1. The minimum Gasteiger partial charge on any atom is -0.389 e. The van der Waals surface area contributed by atoms with E-state index in [1.54, 1.807) is 6.20 Å². The zero-order valence-electron chi connectivity index (χ0n) is 5.34. The van der Waals surface area contributed by atoms with Gasteiger partial charge in [0.15, 0.2) is 0 Å². The summed E-state index contributed by atoms with van der Waals surface area (Å²) in [4.78, 5) is 10.1. The van der Waals surface area contributed by atoms with Gasteiger partial charge in [0.05, 0.1) is 0 Å². The third-order valence-electron chi connectivity index (χ3n) is 1.72. The maximum absolute atomic E-state index is 10.1. The van der Waals surface area contributed by atoms with Crippen molar-refractivity contribution in [2.45, 2.75) is 18.9 Å². The van der Waals surface area contributed by atoms with Gasteiger partial charge in [0.25, 0.3) is 0 Å². The molecule has 0 atom stereocenters. The van der Waals surface area contributed by atoms with Crippen LogP contribution in [-0.4, -0.2) is 12.3 Å². The summed E-state index contributed by atoms with van der Waals surface area (Å²) in [5.74, 6) is 0.308. The normalized spacial score (nSPS) is 32.4. The summed E-state index contributed by atoms with van der Waals surface area (Å²) in [6, 6.07) is 0.512. The molecule has 1 aliphatic carbocycles. The Hall–Kier alpha value is -0.790. The van der Waals surface area contributed by atoms with Crippen LogP contribution in [-0.2, 0) is 4.79 Å². The fourth-order valence-corrected chi connectivity index (χ4v) is 1.08. The lowest BCUT2D eigenvalue weighted by Gasteiger charge is -2.31. The molecule has 1 saturated carbocycles. The Morgan fingerprint density at radius 2 is 2.22 bits per heavy atom. The largest absolute Gasteiger partial charge is 0.389 e. The Morgan fingerprint density at radius 1 is 1.56 bits per heavy atom. The summed E-state index contributed by atoms with van der Waals surface area (Å²) in [7, 11) is 0. The molecule has 0 saturated heterocycles. The van der Waals surface area contributed by atoms with Gasteiger partial charge in [-0.05, 0) is 19.0 Å². The van der Waals surface area contributed by atoms with E-state index in [0.717, 1.165) is 19.1 Å². The van der Waals surface area contributed by atoms with Crippen LogP contribution in [0.25, 0.3) is 0 Å². The van der Waals surface area contributed by atoms with Crippen LogP contribution in [0, 0.1) is 5.92 Å². The molecule has 1 fully saturated rings. The molecule has 9 heavy (non-hydrogen) atoms. The molecule has 2 heteroatoms. The Balaban J connectivity index is 2.11. The molecule has 0 aromatic heterocycles. The van der Waals surface area contributed by atoms with Crippen molar-refractivity contribution in [1.29, 1.82) is 0 Å². The number of rotatable bonds is 3. The number of hydrogen-bond donors (Lipinski definition) is 1. The molecule has 0 amide bonds. The van der Waals surface area contributed by atoms with Crippen LogP contribution >= 0.6 is 0 Å². The van der Waals surface area contributed by atoms with Crippen molar-refractivity contribution in [3.05, 3.63) is 12.8 Å². The lowest BCUT2D eigenvalue weighted by Crippen LogP contribution is -2.38. The van der Waals surface area contributed by atoms with Gasteiger partial charge in [0.1, 0.15) is 6.29 Å². The van der Waals surface area contributed by atoms with E-state index in [1.807, 2.05) is 0 Å². The van der Waals surface area contributed by atoms with Gasteiger partial charge in [-0.1, -0.05) is 6.58 Å². The second-order valence-corrected chi connectivity index (χ2v) is 2.44. The monoisotopic (exact) mass is 125 g/mol. The molecule has 0 aromatic carbocycles. The quantitative estimate of drug-likeness (QED) is 0.562. The highest BCUT2D eigenvalue weighted by Crippen LogP contribution is 2.24. The second kappa shape index (κ2) is 2.67. The summed E-state index contributed by atoms with van der Waals surface area (Å²) < 4.78 is 0. The molecule has 1 rings (SSSR count). The molecule has 2 nitrogen and oxygen atoms in total. The second-order valence-electron chi connectivity index (χ2n) is 2.44. The molecule has 0 spiro atoms. The van der Waals surface area contributed by atoms with Gasteiger partial charge in [-0.15, -0.1) is 0 Å². The van der Waals surface area contributed by atoms with Gasteiger partial charge < -0.3 is 10.1 Å². The van der Waals surface area contributed by atoms with Crippen molar-refractivity contribution in [3.63, 3.8) is 0 Å². The van der Waals surface area contributed by atoms with Gasteiger partial charge in [0.2, 0.25) is 0 Å². The molecule has 1 N–H and O–H groups in total. The minimum absolute atomic E-state index is 0.308. The van der Waals surface area contributed by atoms with Crippen molar-refractivity contribution in [2.75, 3.05) is 0 Å². The highest BCUT2D eigenvalue weighted by Gasteiger charge is 2.26. The van der Waals surface area contributed by atoms with Crippen LogP contribution in [0.4, 0.5) is 0 Å². The van der Waals surface area contributed by atoms with Gasteiger partial charge in [-0.25, -0.2) is 0 Å². The summed E-state index contributed by atoms with van der Waals surface area (Å²) in [6.07, 6.45) is 4.68. The highest BCUT2D eigenvalue weighted by molar-refractivity contribution is 5.55. The van der Waals surface area contributed by atoms with E-state index in [0.29, 0.717) is 12.0 Å². The van der Waals surface area contributed by atoms with E-state index >= 15 is 0 Å². The van der Waals surface area contributed by atoms with Crippen LogP contribution in [0.15, 0.2) is 12.8 Å². The summed E-state index contributed by atoms with van der Waals surface area (Å²) in [6.45, 7) is 3.53. The fourth-order valence-electron chi connectivity index (χ4n) is 1.08. The Kier molecular flexibility index (Phi) is 1.88. The van der Waals surface area contributed by atoms with Crippen molar-refractivity contribution >= 4 is 6.29 Å². The number of carbonyl (C=O) groups excluding carboxylic acids is 1. The predicted molar refractivity (Wildman–Crippen MR) is 35.9 cm³/mol. The minimum atomic E-state index is 0.308. The third-order valence-corrected chi connectivity index (χ3v) is 1.72. The number of hydrogen-bond acceptors (Lipinski definition) is 2. The number of aldehydes is 1. The van der Waals surface area contributed by atoms with Gasteiger partial charge in [0, 0.05) is 12.0 Å². The average Bonchev–Trinajstić information content (AvgIpc) is 1.77. The zero-order chi connectivity index (χ0) is 6.69. The maximum atomic E-state index is 10.1. The fraction of sp³-hybridized carbons (Fsp3) is 0.571. The van der Waals surface area contributed by atoms with Crippen molar-refractivity contribution in [1.82, 2.24) is 5.32 Å². The highest BCUT2D eigenvalue weighted by atomic mass is 16.1. The number of nitrogens with one attached hydrogen (secondary N) is 1.